The molecule has 1 aliphatic heterocycles. The second-order valence-corrected chi connectivity index (χ2v) is 5.49. The number of nitrogens with one attached hydrogen (secondary N) is 1. The monoisotopic (exact) mass is 295 g/mol. The zero-order valence-corrected chi connectivity index (χ0v) is 12.6. The van der Waals surface area contributed by atoms with Gasteiger partial charge in [-0.2, -0.15) is 0 Å². The van der Waals surface area contributed by atoms with Crippen LogP contribution in [0.1, 0.15) is 16.1 Å². The van der Waals surface area contributed by atoms with Gasteiger partial charge in [-0.3, -0.25) is 9.69 Å². The topological polar surface area (TPSA) is 39.3 Å². The molecule has 4 heteroatoms. The number of carbonyl (C=O) groups excluding carboxylic acids is 1. The molecule has 0 bridgehead atoms. The Balaban J connectivity index is 1.46. The molecule has 0 aliphatic carbocycles. The molecule has 2 heterocycles. The molecule has 1 aliphatic rings. The molecule has 1 N–H and O–H groups in total. The Kier molecular flexibility index (Phi) is 4.71. The summed E-state index contributed by atoms with van der Waals surface area (Å²) in [7, 11) is 0. The van der Waals surface area contributed by atoms with Crippen LogP contribution in [0, 0.1) is 0 Å². The van der Waals surface area contributed by atoms with E-state index in [1.165, 1.54) is 5.56 Å². The molecule has 1 amide bonds. The highest BCUT2D eigenvalue weighted by Gasteiger charge is 2.21. The predicted molar refractivity (Wildman–Crippen MR) is 88.6 cm³/mol. The van der Waals surface area contributed by atoms with Crippen LogP contribution in [0.3, 0.4) is 0 Å². The van der Waals surface area contributed by atoms with Gasteiger partial charge in [-0.1, -0.05) is 42.5 Å². The van der Waals surface area contributed by atoms with Crippen molar-refractivity contribution in [3.05, 3.63) is 66.0 Å². The number of hydrogen-bond donors (Lipinski definition) is 1. The third kappa shape index (κ3) is 3.65. The summed E-state index contributed by atoms with van der Waals surface area (Å²) in [5, 5.41) is 0. The molecule has 0 saturated carbocycles. The zero-order valence-electron chi connectivity index (χ0n) is 12.6. The SMILES string of the molecule is O=C(c1ccc[nH]1)N1CCN(C/C=C/c2ccccc2)CC1. The first-order valence-corrected chi connectivity index (χ1v) is 7.69. The average molecular weight is 295 g/mol. The second-order valence-electron chi connectivity index (χ2n) is 5.49. The summed E-state index contributed by atoms with van der Waals surface area (Å²) in [6.07, 6.45) is 6.13. The molecule has 0 radical (unpaired) electrons. The van der Waals surface area contributed by atoms with Crippen molar-refractivity contribution in [1.29, 1.82) is 0 Å². The van der Waals surface area contributed by atoms with Gasteiger partial charge in [0.05, 0.1) is 0 Å². The molecule has 0 spiro atoms. The van der Waals surface area contributed by atoms with E-state index < -0.39 is 0 Å². The van der Waals surface area contributed by atoms with E-state index in [4.69, 9.17) is 0 Å². The standard InChI is InChI=1S/C18H21N3O/c22-18(17-9-4-10-19-17)21-14-12-20(13-15-21)11-5-8-16-6-2-1-3-7-16/h1-10,19H,11-15H2/b8-5+. The number of H-pyrrole nitrogens is 1. The van der Waals surface area contributed by atoms with Crippen LogP contribution >= 0.6 is 0 Å². The molecule has 1 aromatic carbocycles. The van der Waals surface area contributed by atoms with Crippen molar-refractivity contribution in [2.45, 2.75) is 0 Å². The molecular weight excluding hydrogens is 274 g/mol. The van der Waals surface area contributed by atoms with Gasteiger partial charge in [0.25, 0.3) is 5.91 Å². The van der Waals surface area contributed by atoms with Gasteiger partial charge in [0.2, 0.25) is 0 Å². The minimum Gasteiger partial charge on any atom is -0.357 e. The van der Waals surface area contributed by atoms with Crippen molar-refractivity contribution in [1.82, 2.24) is 14.8 Å². The van der Waals surface area contributed by atoms with Crippen molar-refractivity contribution >= 4 is 12.0 Å². The van der Waals surface area contributed by atoms with Crippen LogP contribution in [-0.4, -0.2) is 53.4 Å². The number of aromatic amines is 1. The van der Waals surface area contributed by atoms with Gasteiger partial charge in [0, 0.05) is 38.9 Å². The van der Waals surface area contributed by atoms with Crippen molar-refractivity contribution in [3.63, 3.8) is 0 Å². The van der Waals surface area contributed by atoms with E-state index in [9.17, 15) is 4.79 Å². The van der Waals surface area contributed by atoms with Crippen LogP contribution in [-0.2, 0) is 0 Å². The summed E-state index contributed by atoms with van der Waals surface area (Å²) < 4.78 is 0. The summed E-state index contributed by atoms with van der Waals surface area (Å²) in [5.74, 6) is 0.101. The summed E-state index contributed by atoms with van der Waals surface area (Å²) in [4.78, 5) is 19.5. The molecule has 1 saturated heterocycles. The van der Waals surface area contributed by atoms with E-state index >= 15 is 0 Å². The Hall–Kier alpha value is -2.33. The number of aromatic nitrogens is 1. The Morgan fingerprint density at radius 3 is 2.50 bits per heavy atom. The van der Waals surface area contributed by atoms with E-state index in [0.29, 0.717) is 5.69 Å². The molecule has 0 unspecified atom stereocenters. The van der Waals surface area contributed by atoms with Crippen LogP contribution in [0.5, 0.6) is 0 Å². The molecular formula is C18H21N3O. The quantitative estimate of drug-likeness (QED) is 0.941. The minimum atomic E-state index is 0.101. The number of benzene rings is 1. The molecule has 3 rings (SSSR count). The third-order valence-electron chi connectivity index (χ3n) is 3.96. The first kappa shape index (κ1) is 14.6. The fourth-order valence-electron chi connectivity index (χ4n) is 2.67. The fraction of sp³-hybridized carbons (Fsp3) is 0.278. The number of hydrogen-bond acceptors (Lipinski definition) is 2. The van der Waals surface area contributed by atoms with E-state index in [0.717, 1.165) is 32.7 Å². The lowest BCUT2D eigenvalue weighted by Gasteiger charge is -2.33. The summed E-state index contributed by atoms with van der Waals surface area (Å²) in [6.45, 7) is 4.35. The van der Waals surface area contributed by atoms with Crippen molar-refractivity contribution in [2.24, 2.45) is 0 Å². The maximum atomic E-state index is 12.2. The predicted octanol–water partition coefficient (Wildman–Crippen LogP) is 2.49. The first-order valence-electron chi connectivity index (χ1n) is 7.69. The number of piperazine rings is 1. The fourth-order valence-corrected chi connectivity index (χ4v) is 2.67. The summed E-state index contributed by atoms with van der Waals surface area (Å²) in [6, 6.07) is 14.0. The Bertz CT molecular complexity index is 611. The van der Waals surface area contributed by atoms with Crippen LogP contribution in [0.2, 0.25) is 0 Å². The number of carbonyl (C=O) groups is 1. The van der Waals surface area contributed by atoms with Crippen LogP contribution in [0.25, 0.3) is 6.08 Å². The Morgan fingerprint density at radius 1 is 1.05 bits per heavy atom. The van der Waals surface area contributed by atoms with Crippen molar-refractivity contribution in [2.75, 3.05) is 32.7 Å². The number of nitrogens with zero attached hydrogens (tertiary/aromatic N) is 2. The average Bonchev–Trinajstić information content (AvgIpc) is 3.10. The van der Waals surface area contributed by atoms with E-state index in [1.807, 2.05) is 35.2 Å². The van der Waals surface area contributed by atoms with Crippen LogP contribution < -0.4 is 0 Å². The van der Waals surface area contributed by atoms with Gasteiger partial charge in [0.1, 0.15) is 5.69 Å². The van der Waals surface area contributed by atoms with Gasteiger partial charge in [-0.05, 0) is 17.7 Å². The third-order valence-corrected chi connectivity index (χ3v) is 3.96. The minimum absolute atomic E-state index is 0.101. The highest BCUT2D eigenvalue weighted by Crippen LogP contribution is 2.08. The molecule has 2 aromatic rings. The van der Waals surface area contributed by atoms with Gasteiger partial charge >= 0.3 is 0 Å². The maximum absolute atomic E-state index is 12.2. The second kappa shape index (κ2) is 7.09. The lowest BCUT2D eigenvalue weighted by Crippen LogP contribution is -2.48. The zero-order chi connectivity index (χ0) is 15.2. The van der Waals surface area contributed by atoms with Gasteiger partial charge < -0.3 is 9.88 Å². The van der Waals surface area contributed by atoms with Crippen molar-refractivity contribution < 1.29 is 4.79 Å². The first-order chi connectivity index (χ1) is 10.8. The normalized spacial score (nSPS) is 16.3. The van der Waals surface area contributed by atoms with E-state index in [1.54, 1.807) is 6.20 Å². The molecule has 1 fully saturated rings. The highest BCUT2D eigenvalue weighted by atomic mass is 16.2. The van der Waals surface area contributed by atoms with Crippen molar-refractivity contribution in [3.8, 4) is 0 Å². The van der Waals surface area contributed by atoms with Crippen LogP contribution in [0.15, 0.2) is 54.7 Å². The summed E-state index contributed by atoms with van der Waals surface area (Å²) in [5.41, 5.74) is 1.90. The smallest absolute Gasteiger partial charge is 0.270 e. The van der Waals surface area contributed by atoms with Gasteiger partial charge in [-0.25, -0.2) is 0 Å². The number of amides is 1. The lowest BCUT2D eigenvalue weighted by atomic mass is 10.2. The highest BCUT2D eigenvalue weighted by molar-refractivity contribution is 5.92. The maximum Gasteiger partial charge on any atom is 0.270 e. The largest absolute Gasteiger partial charge is 0.357 e. The van der Waals surface area contributed by atoms with E-state index in [-0.39, 0.29) is 5.91 Å². The molecule has 4 nitrogen and oxygen atoms in total. The molecule has 114 valence electrons. The van der Waals surface area contributed by atoms with E-state index in [2.05, 4.69) is 34.2 Å². The summed E-state index contributed by atoms with van der Waals surface area (Å²) >= 11 is 0. The molecule has 0 atom stereocenters. The van der Waals surface area contributed by atoms with Crippen LogP contribution in [0.4, 0.5) is 0 Å². The van der Waals surface area contributed by atoms with Gasteiger partial charge in [-0.15, -0.1) is 0 Å². The molecule has 22 heavy (non-hydrogen) atoms. The number of rotatable bonds is 4. The Labute approximate surface area is 131 Å². The molecule has 1 aromatic heterocycles. The lowest BCUT2D eigenvalue weighted by molar-refractivity contribution is 0.0645. The Morgan fingerprint density at radius 2 is 1.82 bits per heavy atom. The van der Waals surface area contributed by atoms with Gasteiger partial charge in [0.15, 0.2) is 0 Å².